The summed E-state index contributed by atoms with van der Waals surface area (Å²) in [6, 6.07) is 9.38. The van der Waals surface area contributed by atoms with Crippen molar-refractivity contribution >= 4 is 36.4 Å². The third kappa shape index (κ3) is 5.14. The van der Waals surface area contributed by atoms with E-state index in [1.165, 1.54) is 0 Å². The van der Waals surface area contributed by atoms with E-state index >= 15 is 0 Å². The molecule has 1 heterocycles. The van der Waals surface area contributed by atoms with E-state index in [0.717, 1.165) is 16.3 Å². The molecule has 0 amide bonds. The van der Waals surface area contributed by atoms with Crippen LogP contribution >= 0.6 is 11.6 Å². The van der Waals surface area contributed by atoms with Crippen LogP contribution in [0.25, 0.3) is 12.2 Å². The maximum atomic E-state index is 5.79. The van der Waals surface area contributed by atoms with Crippen molar-refractivity contribution in [1.82, 2.24) is 9.97 Å². The summed E-state index contributed by atoms with van der Waals surface area (Å²) >= 11 is 10.7. The van der Waals surface area contributed by atoms with Gasteiger partial charge in [-0.2, -0.15) is 0 Å². The normalized spacial score (nSPS) is 10.2. The average Bonchev–Trinajstić information content (AvgIpc) is 2.28. The molecule has 0 spiro atoms. The number of rotatable bonds is 2. The topological polar surface area (TPSA) is 25.8 Å². The summed E-state index contributed by atoms with van der Waals surface area (Å²) in [4.78, 5) is 7.96. The second kappa shape index (κ2) is 7.58. The van der Waals surface area contributed by atoms with Crippen LogP contribution in [-0.2, 0) is 12.6 Å². The van der Waals surface area contributed by atoms with Gasteiger partial charge in [-0.05, 0) is 29.8 Å². The molecule has 5 heteroatoms. The second-order valence-corrected chi connectivity index (χ2v) is 3.95. The van der Waals surface area contributed by atoms with Gasteiger partial charge in [-0.15, -0.1) is 0 Å². The van der Waals surface area contributed by atoms with Gasteiger partial charge in [-0.1, -0.05) is 29.8 Å². The Bertz CT molecular complexity index is 514. The van der Waals surface area contributed by atoms with Crippen LogP contribution in [0.2, 0.25) is 5.02 Å². The molecule has 0 aliphatic rings. The van der Waals surface area contributed by atoms with E-state index in [4.69, 9.17) is 24.2 Å². The zero-order valence-electron chi connectivity index (χ0n) is 9.30. The van der Waals surface area contributed by atoms with E-state index in [-0.39, 0.29) is 51.4 Å². The third-order valence-corrected chi connectivity index (χ3v) is 2.42. The molecule has 1 aromatic carbocycles. The minimum atomic E-state index is 0. The third-order valence-electron chi connectivity index (χ3n) is 1.97. The van der Waals surface area contributed by atoms with Gasteiger partial charge in [0.1, 0.15) is 0 Å². The number of halogens is 1. The van der Waals surface area contributed by atoms with Crippen molar-refractivity contribution in [3.8, 4) is 0 Å². The van der Waals surface area contributed by atoms with Crippen LogP contribution in [0, 0.1) is 0 Å². The van der Waals surface area contributed by atoms with E-state index in [2.05, 4.69) is 9.97 Å². The quantitative estimate of drug-likeness (QED) is 0.448. The van der Waals surface area contributed by atoms with Gasteiger partial charge >= 0.3 is 51.4 Å². The first-order valence-corrected chi connectivity index (χ1v) is 5.46. The average molecular weight is 287 g/mol. The Morgan fingerprint density at radius 3 is 2.41 bits per heavy atom. The molecule has 0 fully saturated rings. The predicted octanol–water partition coefficient (Wildman–Crippen LogP) is 0.210. The van der Waals surface area contributed by atoms with Crippen LogP contribution < -0.4 is 51.4 Å². The summed E-state index contributed by atoms with van der Waals surface area (Å²) in [5.74, 6) is 0. The predicted molar refractivity (Wildman–Crippen MR) is 68.0 cm³/mol. The van der Waals surface area contributed by atoms with E-state index < -0.39 is 0 Å². The molecular weight excluding hydrogens is 279 g/mol. The number of benzene rings is 1. The number of aromatic nitrogens is 2. The molecule has 2 rings (SSSR count). The fraction of sp³-hybridized carbons (Fsp3) is 0. The molecule has 2 nitrogen and oxygen atoms in total. The SMILES string of the molecule is [K+].[S-]c1nccc(/C=C/c2ccc(Cl)cc2)n1. The molecule has 0 saturated heterocycles. The summed E-state index contributed by atoms with van der Waals surface area (Å²) in [6.45, 7) is 0. The molecule has 0 radical (unpaired) electrons. The number of hydrogen-bond donors (Lipinski definition) is 0. The van der Waals surface area contributed by atoms with Crippen LogP contribution in [0.15, 0.2) is 41.7 Å². The zero-order chi connectivity index (χ0) is 11.4. The molecule has 0 saturated carbocycles. The van der Waals surface area contributed by atoms with Crippen molar-refractivity contribution in [2.45, 2.75) is 5.16 Å². The monoisotopic (exact) mass is 286 g/mol. The fourth-order valence-corrected chi connectivity index (χ4v) is 1.49. The van der Waals surface area contributed by atoms with Crippen molar-refractivity contribution in [3.05, 3.63) is 52.8 Å². The summed E-state index contributed by atoms with van der Waals surface area (Å²) in [7, 11) is 0. The molecule has 0 unspecified atom stereocenters. The van der Waals surface area contributed by atoms with Gasteiger partial charge < -0.3 is 12.6 Å². The van der Waals surface area contributed by atoms with E-state index in [1.54, 1.807) is 6.20 Å². The second-order valence-electron chi connectivity index (χ2n) is 3.15. The van der Waals surface area contributed by atoms with E-state index in [9.17, 15) is 0 Å². The molecule has 2 aromatic rings. The Labute approximate surface area is 153 Å². The van der Waals surface area contributed by atoms with Crippen molar-refractivity contribution in [2.24, 2.45) is 0 Å². The Hall–Kier alpha value is 0.186. The van der Waals surface area contributed by atoms with Crippen LogP contribution in [0.1, 0.15) is 11.3 Å². The van der Waals surface area contributed by atoms with Gasteiger partial charge in [0.2, 0.25) is 0 Å². The number of nitrogens with zero attached hydrogens (tertiary/aromatic N) is 2. The van der Waals surface area contributed by atoms with Crippen molar-refractivity contribution < 1.29 is 51.4 Å². The Morgan fingerprint density at radius 2 is 1.76 bits per heavy atom. The van der Waals surface area contributed by atoms with Crippen LogP contribution in [0.5, 0.6) is 0 Å². The van der Waals surface area contributed by atoms with Crippen LogP contribution in [0.3, 0.4) is 0 Å². The summed E-state index contributed by atoms with van der Waals surface area (Å²) < 4.78 is 0. The first-order chi connectivity index (χ1) is 7.74. The first-order valence-electron chi connectivity index (χ1n) is 4.68. The molecule has 1 aromatic heterocycles. The van der Waals surface area contributed by atoms with Gasteiger partial charge in [0.15, 0.2) is 0 Å². The van der Waals surface area contributed by atoms with Gasteiger partial charge in [-0.25, -0.2) is 0 Å². The van der Waals surface area contributed by atoms with Crippen molar-refractivity contribution in [2.75, 3.05) is 0 Å². The Kier molecular flexibility index (Phi) is 6.80. The van der Waals surface area contributed by atoms with Crippen LogP contribution in [-0.4, -0.2) is 9.97 Å². The van der Waals surface area contributed by atoms with Gasteiger partial charge in [0.25, 0.3) is 0 Å². The molecular formula is C12H8ClKN2S. The molecule has 17 heavy (non-hydrogen) atoms. The van der Waals surface area contributed by atoms with Gasteiger partial charge in [0.05, 0.1) is 5.69 Å². The zero-order valence-corrected chi connectivity index (χ0v) is 14.0. The van der Waals surface area contributed by atoms with Crippen LogP contribution in [0.4, 0.5) is 0 Å². The molecule has 0 aliphatic heterocycles. The minimum absolute atomic E-state index is 0. The molecule has 0 atom stereocenters. The Morgan fingerprint density at radius 1 is 1.06 bits per heavy atom. The largest absolute Gasteiger partial charge is 1.00 e. The standard InChI is InChI=1S/C12H9ClN2S.K/c13-10-4-1-9(2-5-10)3-6-11-7-8-14-12(16)15-11;/h1-8H,(H,14,15,16);/q;+1/p-1/b6-3+;. The summed E-state index contributed by atoms with van der Waals surface area (Å²) in [5.41, 5.74) is 1.86. The van der Waals surface area contributed by atoms with E-state index in [1.807, 2.05) is 42.5 Å². The Balaban J connectivity index is 0.00000144. The summed E-state index contributed by atoms with van der Waals surface area (Å²) in [6.07, 6.45) is 5.49. The first kappa shape index (κ1) is 15.2. The minimum Gasteiger partial charge on any atom is -0.740 e. The van der Waals surface area contributed by atoms with E-state index in [0.29, 0.717) is 5.16 Å². The fourth-order valence-electron chi connectivity index (χ4n) is 1.20. The number of hydrogen-bond acceptors (Lipinski definition) is 3. The molecule has 80 valence electrons. The van der Waals surface area contributed by atoms with Crippen molar-refractivity contribution in [3.63, 3.8) is 0 Å². The van der Waals surface area contributed by atoms with Gasteiger partial charge in [-0.3, -0.25) is 9.97 Å². The molecule has 0 bridgehead atoms. The van der Waals surface area contributed by atoms with Gasteiger partial charge in [0, 0.05) is 16.4 Å². The maximum absolute atomic E-state index is 5.79. The smallest absolute Gasteiger partial charge is 0.740 e. The maximum Gasteiger partial charge on any atom is 1.00 e. The van der Waals surface area contributed by atoms with Crippen molar-refractivity contribution in [1.29, 1.82) is 0 Å². The summed E-state index contributed by atoms with van der Waals surface area (Å²) in [5, 5.41) is 1.09. The molecule has 0 aliphatic carbocycles. The molecule has 0 N–H and O–H groups in total.